The summed E-state index contributed by atoms with van der Waals surface area (Å²) in [6.07, 6.45) is 2.48. The molecule has 18 heavy (non-hydrogen) atoms. The monoisotopic (exact) mass is 248 g/mol. The maximum Gasteiger partial charge on any atom is 0.128 e. The third-order valence-corrected chi connectivity index (χ3v) is 2.87. The van der Waals surface area contributed by atoms with Crippen LogP contribution in [0.5, 0.6) is 0 Å². The molecule has 0 bridgehead atoms. The van der Waals surface area contributed by atoms with E-state index >= 15 is 0 Å². The van der Waals surface area contributed by atoms with E-state index in [-0.39, 0.29) is 11.7 Å². The van der Waals surface area contributed by atoms with E-state index in [9.17, 15) is 4.39 Å². The van der Waals surface area contributed by atoms with Crippen LogP contribution in [0.15, 0.2) is 29.8 Å². The van der Waals surface area contributed by atoms with Crippen LogP contribution in [0.1, 0.15) is 38.7 Å². The Morgan fingerprint density at radius 3 is 2.61 bits per heavy atom. The molecule has 0 atom stereocenters. The Morgan fingerprint density at radius 1 is 1.50 bits per heavy atom. The van der Waals surface area contributed by atoms with Crippen molar-refractivity contribution < 1.29 is 4.39 Å². The van der Waals surface area contributed by atoms with Crippen molar-refractivity contribution >= 4 is 17.1 Å². The van der Waals surface area contributed by atoms with E-state index in [0.717, 1.165) is 17.8 Å². The molecule has 0 aliphatic carbocycles. The third-order valence-electron chi connectivity index (χ3n) is 2.87. The summed E-state index contributed by atoms with van der Waals surface area (Å²) in [7, 11) is 1.82. The van der Waals surface area contributed by atoms with Gasteiger partial charge in [0.25, 0.3) is 0 Å². The lowest BCUT2D eigenvalue weighted by atomic mass is 10.0. The molecule has 0 saturated heterocycles. The molecule has 0 unspecified atom stereocenters. The highest BCUT2D eigenvalue weighted by Crippen LogP contribution is 2.31. The lowest BCUT2D eigenvalue weighted by molar-refractivity contribution is 0.599. The second-order valence-electron chi connectivity index (χ2n) is 4.46. The predicted molar refractivity (Wildman–Crippen MR) is 77.6 cm³/mol. The SMILES string of the molecule is C=CC(CC)=Nc1cc(F)c(C(C)C)cc1NC. The molecule has 0 aliphatic rings. The molecule has 0 aliphatic heterocycles. The van der Waals surface area contributed by atoms with Crippen molar-refractivity contribution in [3.63, 3.8) is 0 Å². The molecule has 0 amide bonds. The van der Waals surface area contributed by atoms with Crippen molar-refractivity contribution in [3.8, 4) is 0 Å². The van der Waals surface area contributed by atoms with Gasteiger partial charge in [0.1, 0.15) is 5.82 Å². The molecule has 98 valence electrons. The number of hydrogen-bond acceptors (Lipinski definition) is 2. The summed E-state index contributed by atoms with van der Waals surface area (Å²) in [4.78, 5) is 4.42. The Labute approximate surface area is 109 Å². The molecule has 1 N–H and O–H groups in total. The summed E-state index contributed by atoms with van der Waals surface area (Å²) in [5.74, 6) is -0.0533. The molecule has 0 radical (unpaired) electrons. The van der Waals surface area contributed by atoms with Gasteiger partial charge in [0.15, 0.2) is 0 Å². The molecule has 2 nitrogen and oxygen atoms in total. The van der Waals surface area contributed by atoms with Gasteiger partial charge in [-0.2, -0.15) is 0 Å². The van der Waals surface area contributed by atoms with Crippen molar-refractivity contribution in [2.75, 3.05) is 12.4 Å². The summed E-state index contributed by atoms with van der Waals surface area (Å²) in [6, 6.07) is 3.32. The Kier molecular flexibility index (Phi) is 5.08. The predicted octanol–water partition coefficient (Wildman–Crippen LogP) is 4.66. The highest BCUT2D eigenvalue weighted by Gasteiger charge is 2.11. The third kappa shape index (κ3) is 3.19. The zero-order chi connectivity index (χ0) is 13.7. The van der Waals surface area contributed by atoms with Gasteiger partial charge in [-0.15, -0.1) is 0 Å². The average molecular weight is 248 g/mol. The van der Waals surface area contributed by atoms with Gasteiger partial charge in [-0.05, 0) is 30.0 Å². The summed E-state index contributed by atoms with van der Waals surface area (Å²) < 4.78 is 14.0. The molecule has 1 aromatic rings. The zero-order valence-electron chi connectivity index (χ0n) is 11.5. The zero-order valence-corrected chi connectivity index (χ0v) is 11.5. The van der Waals surface area contributed by atoms with E-state index in [4.69, 9.17) is 0 Å². The Morgan fingerprint density at radius 2 is 2.17 bits per heavy atom. The van der Waals surface area contributed by atoms with Crippen molar-refractivity contribution in [2.24, 2.45) is 4.99 Å². The number of benzene rings is 1. The number of halogens is 1. The number of anilines is 1. The van der Waals surface area contributed by atoms with Crippen molar-refractivity contribution in [1.82, 2.24) is 0 Å². The Bertz CT molecular complexity index is 462. The topological polar surface area (TPSA) is 24.4 Å². The normalized spacial score (nSPS) is 11.8. The molecule has 3 heteroatoms. The molecule has 0 heterocycles. The van der Waals surface area contributed by atoms with Crippen LogP contribution >= 0.6 is 0 Å². The van der Waals surface area contributed by atoms with Gasteiger partial charge in [0.05, 0.1) is 11.4 Å². The quantitative estimate of drug-likeness (QED) is 0.753. The summed E-state index contributed by atoms with van der Waals surface area (Å²) in [5.41, 5.74) is 3.02. The van der Waals surface area contributed by atoms with Crippen LogP contribution < -0.4 is 5.32 Å². The lowest BCUT2D eigenvalue weighted by Crippen LogP contribution is -1.98. The summed E-state index contributed by atoms with van der Waals surface area (Å²) >= 11 is 0. The van der Waals surface area contributed by atoms with E-state index in [1.807, 2.05) is 33.9 Å². The first-order valence-electron chi connectivity index (χ1n) is 6.24. The fourth-order valence-electron chi connectivity index (χ4n) is 1.74. The molecule has 0 aromatic heterocycles. The van der Waals surface area contributed by atoms with Crippen LogP contribution in [0, 0.1) is 5.82 Å². The fourth-order valence-corrected chi connectivity index (χ4v) is 1.74. The van der Waals surface area contributed by atoms with E-state index in [1.54, 1.807) is 6.08 Å². The number of nitrogens with zero attached hydrogens (tertiary/aromatic N) is 1. The molecule has 1 aromatic carbocycles. The van der Waals surface area contributed by atoms with Crippen LogP contribution in [0.4, 0.5) is 15.8 Å². The number of allylic oxidation sites excluding steroid dienone is 1. The van der Waals surface area contributed by atoms with E-state index in [1.165, 1.54) is 6.07 Å². The maximum atomic E-state index is 14.0. The van der Waals surface area contributed by atoms with E-state index in [0.29, 0.717) is 11.3 Å². The van der Waals surface area contributed by atoms with E-state index in [2.05, 4.69) is 16.9 Å². The minimum Gasteiger partial charge on any atom is -0.386 e. The molecule has 0 saturated carbocycles. The minimum absolute atomic E-state index is 0.153. The summed E-state index contributed by atoms with van der Waals surface area (Å²) in [6.45, 7) is 9.65. The molecule has 0 fully saturated rings. The first kappa shape index (κ1) is 14.4. The average Bonchev–Trinajstić information content (AvgIpc) is 2.35. The fraction of sp³-hybridized carbons (Fsp3) is 0.400. The van der Waals surface area contributed by atoms with Crippen LogP contribution in [0.25, 0.3) is 0 Å². The second-order valence-corrected chi connectivity index (χ2v) is 4.46. The van der Waals surface area contributed by atoms with Gasteiger partial charge in [-0.25, -0.2) is 4.39 Å². The number of rotatable bonds is 5. The smallest absolute Gasteiger partial charge is 0.128 e. The number of nitrogens with one attached hydrogen (secondary N) is 1. The van der Waals surface area contributed by atoms with Crippen LogP contribution in [0.3, 0.4) is 0 Å². The van der Waals surface area contributed by atoms with Crippen molar-refractivity contribution in [1.29, 1.82) is 0 Å². The number of aliphatic imine (C=N–C) groups is 1. The Balaban J connectivity index is 3.33. The van der Waals surface area contributed by atoms with Gasteiger partial charge in [-0.3, -0.25) is 4.99 Å². The Hall–Kier alpha value is -1.64. The largest absolute Gasteiger partial charge is 0.386 e. The highest BCUT2D eigenvalue weighted by molar-refractivity contribution is 5.97. The van der Waals surface area contributed by atoms with Crippen LogP contribution in [-0.2, 0) is 0 Å². The van der Waals surface area contributed by atoms with Gasteiger partial charge in [0, 0.05) is 18.8 Å². The molecular formula is C15H21FN2. The lowest BCUT2D eigenvalue weighted by Gasteiger charge is -2.12. The first-order chi connectivity index (χ1) is 8.53. The first-order valence-corrected chi connectivity index (χ1v) is 6.24. The standard InChI is InChI=1S/C15H21FN2/c1-6-11(7-2)18-15-9-13(16)12(10(3)4)8-14(15)17-5/h6,8-10,17H,1,7H2,2-5H3. The van der Waals surface area contributed by atoms with Crippen molar-refractivity contribution in [2.45, 2.75) is 33.1 Å². The minimum atomic E-state index is -0.206. The molecule has 1 rings (SSSR count). The number of hydrogen-bond donors (Lipinski definition) is 1. The molecular weight excluding hydrogens is 227 g/mol. The van der Waals surface area contributed by atoms with Crippen LogP contribution in [-0.4, -0.2) is 12.8 Å². The van der Waals surface area contributed by atoms with Gasteiger partial charge < -0.3 is 5.32 Å². The maximum absolute atomic E-state index is 14.0. The highest BCUT2D eigenvalue weighted by atomic mass is 19.1. The second kappa shape index (κ2) is 6.34. The van der Waals surface area contributed by atoms with Gasteiger partial charge in [-0.1, -0.05) is 27.4 Å². The molecule has 0 spiro atoms. The van der Waals surface area contributed by atoms with Crippen molar-refractivity contribution in [3.05, 3.63) is 36.2 Å². The van der Waals surface area contributed by atoms with Gasteiger partial charge in [0.2, 0.25) is 0 Å². The van der Waals surface area contributed by atoms with Gasteiger partial charge >= 0.3 is 0 Å². The van der Waals surface area contributed by atoms with E-state index < -0.39 is 0 Å². The van der Waals surface area contributed by atoms with Crippen LogP contribution in [0.2, 0.25) is 0 Å². The summed E-state index contributed by atoms with van der Waals surface area (Å²) in [5, 5.41) is 3.06.